The Morgan fingerprint density at radius 3 is 2.62 bits per heavy atom. The number of anilines is 1. The summed E-state index contributed by atoms with van der Waals surface area (Å²) in [6, 6.07) is 4.60. The van der Waals surface area contributed by atoms with Crippen LogP contribution in [0.3, 0.4) is 0 Å². The maximum Gasteiger partial charge on any atom is 0.259 e. The number of carbonyl (C=O) groups excluding carboxylic acids is 1. The number of carbonyl (C=O) groups is 1. The molecule has 1 amide bonds. The van der Waals surface area contributed by atoms with Crippen molar-refractivity contribution >= 4 is 21.7 Å². The molecule has 1 aromatic carbocycles. The second-order valence-electron chi connectivity index (χ2n) is 5.45. The van der Waals surface area contributed by atoms with E-state index in [1.54, 1.807) is 0 Å². The van der Waals surface area contributed by atoms with E-state index in [0.717, 1.165) is 31.4 Å². The van der Waals surface area contributed by atoms with Gasteiger partial charge in [-0.3, -0.25) is 4.79 Å². The Bertz CT molecular complexity index is 830. The summed E-state index contributed by atoms with van der Waals surface area (Å²) in [6.07, 6.45) is 3.82. The van der Waals surface area contributed by atoms with Crippen molar-refractivity contribution in [3.05, 3.63) is 41.9 Å². The van der Waals surface area contributed by atoms with Crippen LogP contribution in [0.1, 0.15) is 29.6 Å². The molecule has 1 aromatic heterocycles. The summed E-state index contributed by atoms with van der Waals surface area (Å²) < 4.78 is 45.2. The fourth-order valence-electron chi connectivity index (χ4n) is 2.55. The van der Waals surface area contributed by atoms with Crippen molar-refractivity contribution in [3.63, 3.8) is 0 Å². The minimum Gasteiger partial charge on any atom is -0.363 e. The average Bonchev–Trinajstić information content (AvgIpc) is 3.08. The Morgan fingerprint density at radius 1 is 1.21 bits per heavy atom. The first-order valence-electron chi connectivity index (χ1n) is 7.50. The predicted molar refractivity (Wildman–Crippen MR) is 83.5 cm³/mol. The van der Waals surface area contributed by atoms with Crippen molar-refractivity contribution in [1.29, 1.82) is 0 Å². The van der Waals surface area contributed by atoms with Crippen LogP contribution in [0.15, 0.2) is 39.9 Å². The number of rotatable bonds is 4. The summed E-state index contributed by atoms with van der Waals surface area (Å²) >= 11 is 0. The zero-order valence-corrected chi connectivity index (χ0v) is 13.6. The van der Waals surface area contributed by atoms with Gasteiger partial charge in [0.25, 0.3) is 5.91 Å². The first-order valence-corrected chi connectivity index (χ1v) is 8.94. The lowest BCUT2D eigenvalue weighted by Crippen LogP contribution is -2.35. The third-order valence-corrected chi connectivity index (χ3v) is 5.71. The number of halogens is 1. The van der Waals surface area contributed by atoms with Gasteiger partial charge < -0.3 is 9.84 Å². The highest BCUT2D eigenvalue weighted by Gasteiger charge is 2.27. The van der Waals surface area contributed by atoms with Crippen molar-refractivity contribution in [2.45, 2.75) is 24.2 Å². The molecule has 0 atom stereocenters. The van der Waals surface area contributed by atoms with Crippen LogP contribution in [0.4, 0.5) is 10.2 Å². The van der Waals surface area contributed by atoms with E-state index in [1.807, 2.05) is 0 Å². The van der Waals surface area contributed by atoms with Gasteiger partial charge in [-0.2, -0.15) is 4.31 Å². The molecule has 1 saturated heterocycles. The quantitative estimate of drug-likeness (QED) is 0.910. The van der Waals surface area contributed by atoms with E-state index >= 15 is 0 Å². The van der Waals surface area contributed by atoms with Gasteiger partial charge in [0, 0.05) is 19.2 Å². The number of aromatic nitrogens is 1. The van der Waals surface area contributed by atoms with E-state index < -0.39 is 21.7 Å². The summed E-state index contributed by atoms with van der Waals surface area (Å²) in [7, 11) is -3.74. The maximum atomic E-state index is 14.0. The highest BCUT2D eigenvalue weighted by molar-refractivity contribution is 7.89. The molecule has 0 radical (unpaired) electrons. The lowest BCUT2D eigenvalue weighted by atomic mass is 10.2. The molecule has 1 N–H and O–H groups in total. The molecule has 0 spiro atoms. The van der Waals surface area contributed by atoms with Crippen LogP contribution in [0.5, 0.6) is 0 Å². The summed E-state index contributed by atoms with van der Waals surface area (Å²) in [5.74, 6) is -1.49. The van der Waals surface area contributed by atoms with Gasteiger partial charge in [-0.25, -0.2) is 12.8 Å². The van der Waals surface area contributed by atoms with Crippen molar-refractivity contribution in [3.8, 4) is 0 Å². The molecular formula is C15H16FN3O4S. The van der Waals surface area contributed by atoms with Crippen LogP contribution in [0.2, 0.25) is 0 Å². The third-order valence-electron chi connectivity index (χ3n) is 3.81. The maximum absolute atomic E-state index is 14.0. The molecule has 1 fully saturated rings. The largest absolute Gasteiger partial charge is 0.363 e. The van der Waals surface area contributed by atoms with E-state index in [9.17, 15) is 17.6 Å². The number of amides is 1. The fraction of sp³-hybridized carbons (Fsp3) is 0.333. The molecule has 1 aliphatic rings. The van der Waals surface area contributed by atoms with E-state index in [1.165, 1.54) is 22.7 Å². The normalized spacial score (nSPS) is 16.0. The van der Waals surface area contributed by atoms with Gasteiger partial charge in [0.2, 0.25) is 10.0 Å². The minimum atomic E-state index is -3.74. The second-order valence-corrected chi connectivity index (χ2v) is 7.38. The summed E-state index contributed by atoms with van der Waals surface area (Å²) in [6.45, 7) is 0.861. The van der Waals surface area contributed by atoms with Crippen molar-refractivity contribution in [1.82, 2.24) is 9.46 Å². The van der Waals surface area contributed by atoms with Gasteiger partial charge in [0.15, 0.2) is 5.82 Å². The molecule has 1 aliphatic heterocycles. The lowest BCUT2D eigenvalue weighted by Gasteiger charge is -2.26. The molecule has 0 bridgehead atoms. The number of benzene rings is 1. The third kappa shape index (κ3) is 3.31. The van der Waals surface area contributed by atoms with Crippen LogP contribution >= 0.6 is 0 Å². The predicted octanol–water partition coefficient (Wildman–Crippen LogP) is 2.24. The molecule has 2 aromatic rings. The fourth-order valence-corrected chi connectivity index (χ4v) is 4.10. The Labute approximate surface area is 138 Å². The molecule has 0 saturated carbocycles. The monoisotopic (exact) mass is 353 g/mol. The van der Waals surface area contributed by atoms with Gasteiger partial charge in [-0.1, -0.05) is 11.6 Å². The molecule has 0 unspecified atom stereocenters. The van der Waals surface area contributed by atoms with Gasteiger partial charge >= 0.3 is 0 Å². The van der Waals surface area contributed by atoms with Gasteiger partial charge in [0.1, 0.15) is 12.1 Å². The Kier molecular flexibility index (Phi) is 4.63. The Balaban J connectivity index is 1.89. The van der Waals surface area contributed by atoms with Crippen LogP contribution in [-0.4, -0.2) is 36.9 Å². The smallest absolute Gasteiger partial charge is 0.259 e. The van der Waals surface area contributed by atoms with E-state index in [2.05, 4.69) is 15.0 Å². The number of sulfonamides is 1. The first-order chi connectivity index (χ1) is 11.5. The average molecular weight is 353 g/mol. The minimum absolute atomic E-state index is 0.101. The molecule has 7 nitrogen and oxygen atoms in total. The van der Waals surface area contributed by atoms with Crippen molar-refractivity contribution in [2.75, 3.05) is 18.4 Å². The van der Waals surface area contributed by atoms with Crippen molar-refractivity contribution < 1.29 is 22.1 Å². The van der Waals surface area contributed by atoms with Gasteiger partial charge in [-0.15, -0.1) is 0 Å². The molecule has 128 valence electrons. The topological polar surface area (TPSA) is 92.5 Å². The molecule has 0 aliphatic carbocycles. The van der Waals surface area contributed by atoms with Gasteiger partial charge in [-0.05, 0) is 31.0 Å². The lowest BCUT2D eigenvalue weighted by molar-refractivity contribution is 0.102. The highest BCUT2D eigenvalue weighted by Crippen LogP contribution is 2.23. The number of hydrogen-bond acceptors (Lipinski definition) is 5. The Hall–Kier alpha value is -2.26. The molecule has 3 rings (SSSR count). The molecule has 9 heteroatoms. The molecular weight excluding hydrogens is 337 g/mol. The van der Waals surface area contributed by atoms with Crippen molar-refractivity contribution in [2.24, 2.45) is 0 Å². The number of nitrogens with zero attached hydrogens (tertiary/aromatic N) is 2. The van der Waals surface area contributed by atoms with E-state index in [0.29, 0.717) is 13.1 Å². The van der Waals surface area contributed by atoms with Crippen LogP contribution in [0.25, 0.3) is 0 Å². The number of piperidine rings is 1. The van der Waals surface area contributed by atoms with Gasteiger partial charge in [0.05, 0.1) is 10.5 Å². The second kappa shape index (κ2) is 6.70. The zero-order chi connectivity index (χ0) is 17.2. The standard InChI is InChI=1S/C15H16FN3O4S/c16-13-5-4-11(24(21,22)19-7-2-1-3-8-19)10-12(13)15(20)17-14-6-9-23-18-14/h4-6,9-10H,1-3,7-8H2,(H,17,18,20). The van der Waals surface area contributed by atoms with E-state index in [-0.39, 0.29) is 16.3 Å². The van der Waals surface area contributed by atoms with Crippen LogP contribution < -0.4 is 5.32 Å². The van der Waals surface area contributed by atoms with Crippen LogP contribution in [-0.2, 0) is 10.0 Å². The SMILES string of the molecule is O=C(Nc1ccon1)c1cc(S(=O)(=O)N2CCCCC2)ccc1F. The summed E-state index contributed by atoms with van der Waals surface area (Å²) in [4.78, 5) is 12.0. The first kappa shape index (κ1) is 16.6. The summed E-state index contributed by atoms with van der Waals surface area (Å²) in [5.41, 5.74) is -0.365. The van der Waals surface area contributed by atoms with Crippen LogP contribution in [0, 0.1) is 5.82 Å². The Morgan fingerprint density at radius 2 is 1.96 bits per heavy atom. The number of hydrogen-bond donors (Lipinski definition) is 1. The van der Waals surface area contributed by atoms with E-state index in [4.69, 9.17) is 0 Å². The molecule has 24 heavy (non-hydrogen) atoms. The summed E-state index contributed by atoms with van der Waals surface area (Å²) in [5, 5.41) is 5.85. The molecule has 2 heterocycles. The highest BCUT2D eigenvalue weighted by atomic mass is 32.2. The zero-order valence-electron chi connectivity index (χ0n) is 12.7. The number of nitrogens with one attached hydrogen (secondary N) is 1.